The molecule has 101 heavy (non-hydrogen) atoms. The van der Waals surface area contributed by atoms with Gasteiger partial charge in [-0.1, -0.05) is 33.6 Å². The Morgan fingerprint density at radius 1 is 0.624 bits per heavy atom. The number of pyridine rings is 7. The number of nitrogens with zero attached hydrogens (tertiary/aromatic N) is 11. The number of carbonyl (C=O) groups is 2. The first-order valence-corrected chi connectivity index (χ1v) is 35.2. The summed E-state index contributed by atoms with van der Waals surface area (Å²) in [4.78, 5) is 98.0. The van der Waals surface area contributed by atoms with E-state index in [-0.39, 0.29) is 121 Å². The van der Waals surface area contributed by atoms with E-state index in [1.807, 2.05) is 80.8 Å². The minimum Gasteiger partial charge on any atom is -1.00 e. The van der Waals surface area contributed by atoms with Gasteiger partial charge in [-0.3, -0.25) is 43.1 Å². The molecule has 0 aromatic carbocycles. The Kier molecular flexibility index (Phi) is 42.9. The number of aryl methyl sites for hydroxylation is 1. The minimum atomic E-state index is -0.272. The number of piperidine rings is 3. The van der Waals surface area contributed by atoms with Gasteiger partial charge in [-0.05, 0) is 210 Å². The zero-order valence-corrected chi connectivity index (χ0v) is 68.3. The molecule has 5 aliphatic rings. The Labute approximate surface area is 654 Å². The Morgan fingerprint density at radius 2 is 1.15 bits per heavy atom. The fourth-order valence-corrected chi connectivity index (χ4v) is 12.7. The molecular weight excluding hydrogens is 1710 g/mol. The van der Waals surface area contributed by atoms with Crippen LogP contribution in [0.25, 0.3) is 5.70 Å². The molecule has 556 valence electrons. The van der Waals surface area contributed by atoms with Gasteiger partial charge in [0, 0.05) is 169 Å². The Hall–Kier alpha value is -6.37. The van der Waals surface area contributed by atoms with E-state index in [0.29, 0.717) is 22.1 Å². The fraction of sp³-hybridized carbons (Fsp3) is 0.408. The molecule has 30 heteroatoms. The summed E-state index contributed by atoms with van der Waals surface area (Å²) in [5, 5.41) is 5.57. The van der Waals surface area contributed by atoms with Gasteiger partial charge in [0.15, 0.2) is 12.4 Å². The van der Waals surface area contributed by atoms with Gasteiger partial charge >= 0.3 is 0 Å². The van der Waals surface area contributed by atoms with E-state index >= 15 is 0 Å². The molecule has 9 N–H and O–H groups in total. The van der Waals surface area contributed by atoms with Crippen molar-refractivity contribution in [3.8, 4) is 0 Å². The van der Waals surface area contributed by atoms with Crippen LogP contribution >= 0.6 is 59.4 Å². The Bertz CT molecular complexity index is 4030. The second-order valence-corrected chi connectivity index (χ2v) is 27.8. The number of nitrogens with two attached hydrogens (primary N) is 3. The number of aromatic nitrogens is 7. The standard InChI is InChI=1S/C13H18ClN3O2.C13H19N3O2.C11H17N3O.C11H15N3O.C6H10BrN.C6H7BrN.C5H4BrN.C5H6N2O.CH3.HI.Pd/c1-9(18)15-12-6-10(14)7-17(13(12)19)11-4-3-5-16(2)8-11;1-10(17)14-12-6-4-8-16(13(12)18)11-5-3-7-15(2)9-11;2*1-13-6-2-4-9(8-13)14-7-3-5-10(12)11(14)15;2*1-8-4-2-3-6(7)5-8;6-5-2-1-3-7-4-5;6-4-2-1-3-7-5(4)8;;;/h6-7,11H,3-5,8H2,1-2H3,(H,15,18);4,6,8,11H,3,5,7,9H2,1-2H3,(H,14,17);3,5,7,9H,2,4,6,8,12H2,1H3;3,5,7-8H,2,4,6,12H2,1H3;3H,2,4-5H2,1H3;2-5H,1H3;1-4H;1-3H,6H2,(H,7,8);1H3;1H;/q;;;;;+1;;;-1;;/p-1. The summed E-state index contributed by atoms with van der Waals surface area (Å²) in [6.07, 6.45) is 29.8. The average molecular weight is 1810 g/mol. The molecule has 2 amide bonds. The number of aromatic amines is 1. The number of carbonyl (C=O) groups excluding carboxylic acids is 2. The first-order chi connectivity index (χ1) is 46.7. The minimum absolute atomic E-state index is 0. The molecule has 24 nitrogen and oxygen atoms in total. The molecule has 0 radical (unpaired) electrons. The number of hydrogen-bond acceptors (Lipinski definition) is 16. The largest absolute Gasteiger partial charge is 1.00 e. The summed E-state index contributed by atoms with van der Waals surface area (Å²) in [6.45, 7) is 12.0. The Morgan fingerprint density at radius 3 is 1.60 bits per heavy atom. The van der Waals surface area contributed by atoms with Crippen LogP contribution in [0.15, 0.2) is 184 Å². The first kappa shape index (κ1) is 90.7. The van der Waals surface area contributed by atoms with Gasteiger partial charge in [0.25, 0.3) is 27.8 Å². The normalized spacial score (nSPS) is 17.2. The summed E-state index contributed by atoms with van der Waals surface area (Å²) in [5.74, 6) is -0.489. The molecule has 5 aliphatic heterocycles. The van der Waals surface area contributed by atoms with Crippen LogP contribution in [0.2, 0.25) is 5.02 Å². The number of likely N-dealkylation sites (N-methyl/N-ethyl adjacent to an activating group) is 4. The average Bonchev–Trinajstić information content (AvgIpc) is 0.827. The number of halogens is 5. The SMILES string of the molecule is Brc1cccnc1.CC(=O)Nc1cc(Cl)cn(C2CCCN(C)C2)c1=O.CC(=O)Nc1cccn(C2CCCN(C)C2)c1=O.CN1C=C(n2cccc(N)c2=O)CCC1.CN1CCC=C(Br)C1.CN1CCCC(n2cccc(N)c2=O)C1.C[n+]1cccc(Br)c1.Nc1ccc[nH]c1=O.[CH3-].[I-].[Pd]. The number of allylic oxidation sites excluding steroid dienone is 1. The predicted molar refractivity (Wildman–Crippen MR) is 413 cm³/mol. The summed E-state index contributed by atoms with van der Waals surface area (Å²) in [6, 6.07) is 23.5. The predicted octanol–water partition coefficient (Wildman–Crippen LogP) is 6.58. The van der Waals surface area contributed by atoms with Gasteiger partial charge in [-0.15, -0.1) is 0 Å². The third-order valence-corrected chi connectivity index (χ3v) is 17.6. The smallest absolute Gasteiger partial charge is 0.277 e. The zero-order chi connectivity index (χ0) is 71.8. The number of H-pyrrole nitrogens is 1. The van der Waals surface area contributed by atoms with Crippen LogP contribution in [-0.4, -0.2) is 159 Å². The van der Waals surface area contributed by atoms with E-state index < -0.39 is 0 Å². The van der Waals surface area contributed by atoms with Crippen molar-refractivity contribution in [1.29, 1.82) is 0 Å². The molecule has 0 spiro atoms. The summed E-state index contributed by atoms with van der Waals surface area (Å²) in [7, 11) is 12.3. The summed E-state index contributed by atoms with van der Waals surface area (Å²) in [5.41, 5.74) is 18.2. The van der Waals surface area contributed by atoms with Crippen molar-refractivity contribution in [2.75, 3.05) is 122 Å². The number of nitrogen functional groups attached to an aromatic ring is 3. The Balaban J connectivity index is 0.000000400. The zero-order valence-electron chi connectivity index (χ0n) is 59.0. The summed E-state index contributed by atoms with van der Waals surface area (Å²) >= 11 is 16.1. The van der Waals surface area contributed by atoms with Crippen molar-refractivity contribution in [2.45, 2.75) is 89.8 Å². The van der Waals surface area contributed by atoms with Crippen LogP contribution in [0, 0.1) is 7.43 Å². The van der Waals surface area contributed by atoms with Crippen molar-refractivity contribution in [1.82, 2.24) is 52.7 Å². The van der Waals surface area contributed by atoms with Crippen molar-refractivity contribution in [3.05, 3.63) is 225 Å². The van der Waals surface area contributed by atoms with Gasteiger partial charge in [0.1, 0.15) is 18.4 Å². The number of nitrogens with one attached hydrogen (secondary N) is 3. The van der Waals surface area contributed by atoms with E-state index in [1.54, 1.807) is 97.9 Å². The van der Waals surface area contributed by atoms with E-state index in [2.05, 4.69) is 120 Å². The number of hydrogen-bond donors (Lipinski definition) is 6. The van der Waals surface area contributed by atoms with Crippen molar-refractivity contribution in [2.24, 2.45) is 7.05 Å². The number of rotatable bonds is 6. The van der Waals surface area contributed by atoms with Gasteiger partial charge < -0.3 is 102 Å². The van der Waals surface area contributed by atoms with Gasteiger partial charge in [0.2, 0.25) is 11.8 Å². The molecule has 3 unspecified atom stereocenters. The van der Waals surface area contributed by atoms with Crippen LogP contribution in [0.5, 0.6) is 0 Å². The molecule has 7 aromatic rings. The number of amides is 2. The topological polar surface area (TPSA) is 290 Å². The second kappa shape index (κ2) is 47.8. The molecule has 7 aromatic heterocycles. The maximum atomic E-state index is 12.3. The van der Waals surface area contributed by atoms with Crippen LogP contribution < -0.4 is 84.2 Å². The van der Waals surface area contributed by atoms with E-state index in [4.69, 9.17) is 28.8 Å². The van der Waals surface area contributed by atoms with Crippen LogP contribution in [0.3, 0.4) is 0 Å². The quantitative estimate of drug-likeness (QED) is 0.0444. The first-order valence-electron chi connectivity index (χ1n) is 32.4. The molecular formula is C71H99Br3ClIN17O7Pd-. The molecule has 12 rings (SSSR count). The van der Waals surface area contributed by atoms with Gasteiger partial charge in [-0.25, -0.2) is 4.57 Å². The number of likely N-dealkylation sites (tertiary alicyclic amines) is 3. The molecule has 0 aliphatic carbocycles. The summed E-state index contributed by atoms with van der Waals surface area (Å²) < 4.78 is 12.2. The van der Waals surface area contributed by atoms with Crippen molar-refractivity contribution >= 4 is 105 Å². The monoisotopic (exact) mass is 1810 g/mol. The maximum absolute atomic E-state index is 12.3. The van der Waals surface area contributed by atoms with Crippen molar-refractivity contribution in [3.63, 3.8) is 0 Å². The molecule has 12 heterocycles. The number of anilines is 5. The molecule has 3 fully saturated rings. The van der Waals surface area contributed by atoms with E-state index in [9.17, 15) is 33.6 Å². The van der Waals surface area contributed by atoms with E-state index in [0.717, 1.165) is 118 Å². The maximum Gasteiger partial charge on any atom is 0.277 e. The van der Waals surface area contributed by atoms with Gasteiger partial charge in [-0.2, -0.15) is 0 Å². The molecule has 0 bridgehead atoms. The van der Waals surface area contributed by atoms with Crippen LogP contribution in [0.1, 0.15) is 89.8 Å². The molecule has 0 saturated carbocycles. The third kappa shape index (κ3) is 32.9. The molecule has 3 saturated heterocycles. The van der Waals surface area contributed by atoms with E-state index in [1.165, 1.54) is 37.4 Å². The van der Waals surface area contributed by atoms with Crippen molar-refractivity contribution < 1.29 is 58.6 Å². The molecule has 3 atom stereocenters. The second-order valence-electron chi connectivity index (χ2n) is 24.5. The third-order valence-electron chi connectivity index (χ3n) is 15.9. The van der Waals surface area contributed by atoms with Gasteiger partial charge in [0.05, 0.1) is 26.6 Å². The fourth-order valence-electron chi connectivity index (χ4n) is 11.1. The van der Waals surface area contributed by atoms with Crippen LogP contribution in [0.4, 0.5) is 28.4 Å². The van der Waals surface area contributed by atoms with Crippen LogP contribution in [-0.2, 0) is 37.1 Å².